The van der Waals surface area contributed by atoms with Gasteiger partial charge in [0.2, 0.25) is 0 Å². The predicted molar refractivity (Wildman–Crippen MR) is 77.5 cm³/mol. The summed E-state index contributed by atoms with van der Waals surface area (Å²) < 4.78 is 12.3. The molecule has 3 rings (SSSR count). The molecule has 1 saturated carbocycles. The van der Waals surface area contributed by atoms with E-state index in [1.165, 1.54) is 0 Å². The molecule has 0 aromatic heterocycles. The van der Waals surface area contributed by atoms with E-state index in [1.807, 2.05) is 12.1 Å². The van der Waals surface area contributed by atoms with Crippen LogP contribution in [-0.2, 0) is 4.79 Å². The van der Waals surface area contributed by atoms with Crippen molar-refractivity contribution in [1.82, 2.24) is 0 Å². The van der Waals surface area contributed by atoms with E-state index >= 15 is 0 Å². The lowest BCUT2D eigenvalue weighted by molar-refractivity contribution is -0.137. The fourth-order valence-electron chi connectivity index (χ4n) is 2.70. The molecule has 1 aliphatic heterocycles. The molecule has 0 bridgehead atoms. The van der Waals surface area contributed by atoms with Crippen LogP contribution in [0.3, 0.4) is 0 Å². The number of carboxylic acids is 1. The summed E-state index contributed by atoms with van der Waals surface area (Å²) in [6.07, 6.45) is 3.25. The number of aliphatic carboxylic acids is 1. The van der Waals surface area contributed by atoms with Gasteiger partial charge in [0.25, 0.3) is 0 Å². The van der Waals surface area contributed by atoms with Crippen LogP contribution in [0.1, 0.15) is 37.2 Å². The second-order valence-electron chi connectivity index (χ2n) is 5.41. The molecule has 0 spiro atoms. The van der Waals surface area contributed by atoms with Crippen molar-refractivity contribution in [2.45, 2.75) is 31.6 Å². The van der Waals surface area contributed by atoms with Crippen LogP contribution in [0.5, 0.6) is 11.5 Å². The topological polar surface area (TPSA) is 55.8 Å². The van der Waals surface area contributed by atoms with Crippen molar-refractivity contribution in [2.24, 2.45) is 5.92 Å². The molecule has 1 unspecified atom stereocenters. The molecular formula is C15H17BrO4. The number of halogens is 1. The summed E-state index contributed by atoms with van der Waals surface area (Å²) in [5.41, 5.74) is 1.03. The van der Waals surface area contributed by atoms with Gasteiger partial charge >= 0.3 is 5.97 Å². The molecule has 108 valence electrons. The molecule has 1 aromatic carbocycles. The average molecular weight is 341 g/mol. The van der Waals surface area contributed by atoms with Crippen molar-refractivity contribution in [3.63, 3.8) is 0 Å². The minimum atomic E-state index is -0.749. The molecule has 20 heavy (non-hydrogen) atoms. The standard InChI is InChI=1S/C15H17BrO4/c16-12-8-14-13(19-4-1-5-20-14)6-11(12)10(7-15(17)18)9-2-3-9/h6,8-10H,1-5,7H2,(H,17,18). The van der Waals surface area contributed by atoms with Crippen LogP contribution in [-0.4, -0.2) is 24.3 Å². The number of carbonyl (C=O) groups is 1. The first-order valence-corrected chi connectivity index (χ1v) is 7.75. The van der Waals surface area contributed by atoms with Gasteiger partial charge in [-0.15, -0.1) is 0 Å². The Morgan fingerprint density at radius 3 is 2.55 bits per heavy atom. The first-order valence-electron chi connectivity index (χ1n) is 6.96. The van der Waals surface area contributed by atoms with Gasteiger partial charge in [0, 0.05) is 10.9 Å². The highest BCUT2D eigenvalue weighted by molar-refractivity contribution is 9.10. The van der Waals surface area contributed by atoms with Gasteiger partial charge in [-0.05, 0) is 42.4 Å². The number of rotatable bonds is 4. The van der Waals surface area contributed by atoms with Crippen LogP contribution in [0, 0.1) is 5.92 Å². The Labute approximate surface area is 126 Å². The molecule has 2 aliphatic rings. The molecule has 5 heteroatoms. The van der Waals surface area contributed by atoms with Gasteiger partial charge < -0.3 is 14.6 Å². The summed E-state index contributed by atoms with van der Waals surface area (Å²) in [6, 6.07) is 3.86. The Hall–Kier alpha value is -1.23. The Bertz CT molecular complexity index is 525. The SMILES string of the molecule is O=C(O)CC(c1cc2c(cc1Br)OCCCO2)C1CC1. The summed E-state index contributed by atoms with van der Waals surface area (Å²) in [4.78, 5) is 11.1. The number of carboxylic acid groups (broad SMARTS) is 1. The normalized spacial score (nSPS) is 19.2. The van der Waals surface area contributed by atoms with E-state index in [0.29, 0.717) is 19.1 Å². The first kappa shape index (κ1) is 13.7. The van der Waals surface area contributed by atoms with Gasteiger partial charge in [-0.25, -0.2) is 0 Å². The first-order chi connectivity index (χ1) is 9.65. The van der Waals surface area contributed by atoms with Crippen LogP contribution in [0.25, 0.3) is 0 Å². The fourth-order valence-corrected chi connectivity index (χ4v) is 3.32. The number of hydrogen-bond donors (Lipinski definition) is 1. The largest absolute Gasteiger partial charge is 0.490 e. The van der Waals surface area contributed by atoms with Crippen LogP contribution in [0.4, 0.5) is 0 Å². The molecular weight excluding hydrogens is 324 g/mol. The number of benzene rings is 1. The van der Waals surface area contributed by atoms with Crippen LogP contribution in [0.2, 0.25) is 0 Å². The highest BCUT2D eigenvalue weighted by Crippen LogP contribution is 2.48. The lowest BCUT2D eigenvalue weighted by atomic mass is 9.91. The van der Waals surface area contributed by atoms with E-state index in [9.17, 15) is 4.79 Å². The second kappa shape index (κ2) is 5.64. The Morgan fingerprint density at radius 2 is 1.95 bits per heavy atom. The maximum atomic E-state index is 11.1. The summed E-state index contributed by atoms with van der Waals surface area (Å²) in [6.45, 7) is 1.29. The molecule has 0 saturated heterocycles. The monoisotopic (exact) mass is 340 g/mol. The van der Waals surface area contributed by atoms with E-state index in [2.05, 4.69) is 15.9 Å². The van der Waals surface area contributed by atoms with Crippen molar-refractivity contribution in [3.05, 3.63) is 22.2 Å². The third kappa shape index (κ3) is 2.92. The Balaban J connectivity index is 1.95. The molecule has 1 heterocycles. The second-order valence-corrected chi connectivity index (χ2v) is 6.27. The smallest absolute Gasteiger partial charge is 0.303 e. The zero-order valence-electron chi connectivity index (χ0n) is 11.1. The lowest BCUT2D eigenvalue weighted by Crippen LogP contribution is -2.09. The van der Waals surface area contributed by atoms with Crippen LogP contribution < -0.4 is 9.47 Å². The van der Waals surface area contributed by atoms with E-state index in [-0.39, 0.29) is 12.3 Å². The van der Waals surface area contributed by atoms with Gasteiger partial charge in [0.1, 0.15) is 0 Å². The van der Waals surface area contributed by atoms with Crippen molar-refractivity contribution in [1.29, 1.82) is 0 Å². The lowest BCUT2D eigenvalue weighted by Gasteiger charge is -2.18. The minimum absolute atomic E-state index is 0.0547. The fraction of sp³-hybridized carbons (Fsp3) is 0.533. The zero-order chi connectivity index (χ0) is 14.1. The number of ether oxygens (including phenoxy) is 2. The number of fused-ring (bicyclic) bond motifs is 1. The zero-order valence-corrected chi connectivity index (χ0v) is 12.7. The van der Waals surface area contributed by atoms with Crippen molar-refractivity contribution in [2.75, 3.05) is 13.2 Å². The van der Waals surface area contributed by atoms with E-state index in [1.54, 1.807) is 0 Å². The molecule has 1 aromatic rings. The maximum absolute atomic E-state index is 11.1. The summed E-state index contributed by atoms with van der Waals surface area (Å²) >= 11 is 3.56. The molecule has 4 nitrogen and oxygen atoms in total. The Morgan fingerprint density at radius 1 is 1.30 bits per heavy atom. The molecule has 0 amide bonds. The van der Waals surface area contributed by atoms with Crippen molar-refractivity contribution in [3.8, 4) is 11.5 Å². The van der Waals surface area contributed by atoms with Crippen LogP contribution in [0.15, 0.2) is 16.6 Å². The van der Waals surface area contributed by atoms with E-state index in [0.717, 1.165) is 40.8 Å². The van der Waals surface area contributed by atoms with Crippen molar-refractivity contribution < 1.29 is 19.4 Å². The van der Waals surface area contributed by atoms with Gasteiger partial charge in [-0.1, -0.05) is 15.9 Å². The summed E-state index contributed by atoms with van der Waals surface area (Å²) in [5, 5.41) is 9.12. The molecule has 1 N–H and O–H groups in total. The molecule has 0 radical (unpaired) electrons. The highest BCUT2D eigenvalue weighted by Gasteiger charge is 2.35. The van der Waals surface area contributed by atoms with Crippen molar-refractivity contribution >= 4 is 21.9 Å². The summed E-state index contributed by atoms with van der Waals surface area (Å²) in [7, 11) is 0. The molecule has 1 atom stereocenters. The Kier molecular flexibility index (Phi) is 3.87. The van der Waals surface area contributed by atoms with Gasteiger partial charge in [-0.3, -0.25) is 4.79 Å². The molecule has 1 aliphatic carbocycles. The van der Waals surface area contributed by atoms with Gasteiger partial charge in [-0.2, -0.15) is 0 Å². The quantitative estimate of drug-likeness (QED) is 0.910. The van der Waals surface area contributed by atoms with E-state index < -0.39 is 5.97 Å². The highest BCUT2D eigenvalue weighted by atomic mass is 79.9. The average Bonchev–Trinajstić information content (AvgIpc) is 3.22. The van der Waals surface area contributed by atoms with E-state index in [4.69, 9.17) is 14.6 Å². The number of hydrogen-bond acceptors (Lipinski definition) is 3. The third-order valence-electron chi connectivity index (χ3n) is 3.85. The minimum Gasteiger partial charge on any atom is -0.490 e. The summed E-state index contributed by atoms with van der Waals surface area (Å²) in [5.74, 6) is 1.26. The third-order valence-corrected chi connectivity index (χ3v) is 4.54. The van der Waals surface area contributed by atoms with Gasteiger partial charge in [0.15, 0.2) is 11.5 Å². The predicted octanol–water partition coefficient (Wildman–Crippen LogP) is 3.58. The molecule has 1 fully saturated rings. The maximum Gasteiger partial charge on any atom is 0.303 e. The van der Waals surface area contributed by atoms with Gasteiger partial charge in [0.05, 0.1) is 19.6 Å². The van der Waals surface area contributed by atoms with Crippen LogP contribution >= 0.6 is 15.9 Å².